The largest absolute Gasteiger partial charge is 0.379 e. The molecule has 0 bridgehead atoms. The molecule has 0 amide bonds. The minimum Gasteiger partial charge on any atom is -0.379 e. The molecule has 0 aliphatic rings. The van der Waals surface area contributed by atoms with Crippen molar-refractivity contribution >= 4 is 0 Å². The number of nitrogens with zero attached hydrogens (tertiary/aromatic N) is 2. The van der Waals surface area contributed by atoms with Crippen LogP contribution >= 0.6 is 0 Å². The number of rotatable bonds is 8. The molecule has 0 aromatic rings. The highest BCUT2D eigenvalue weighted by molar-refractivity contribution is 4.34. The van der Waals surface area contributed by atoms with Crippen LogP contribution in [0.4, 0.5) is 0 Å². The minimum atomic E-state index is 0.456. The fraction of sp³-hybridized carbons (Fsp3) is 1.00. The summed E-state index contributed by atoms with van der Waals surface area (Å²) < 4.78 is 10.3. The van der Waals surface area contributed by atoms with Crippen molar-refractivity contribution in [3.05, 3.63) is 0 Å². The van der Waals surface area contributed by atoms with Crippen LogP contribution in [-0.4, -0.2) is 33.0 Å². The van der Waals surface area contributed by atoms with Crippen LogP contribution in [0.5, 0.6) is 0 Å². The van der Waals surface area contributed by atoms with Crippen molar-refractivity contribution in [1.82, 2.24) is 4.91 Å². The van der Waals surface area contributed by atoms with E-state index < -0.39 is 0 Å². The molecule has 5 nitrogen and oxygen atoms in total. The van der Waals surface area contributed by atoms with Crippen LogP contribution in [-0.2, 0) is 9.47 Å². The summed E-state index contributed by atoms with van der Waals surface area (Å²) in [5, 5.41) is 3.43. The molecule has 0 saturated carbocycles. The number of hydrogen-bond acceptors (Lipinski definition) is 4. The van der Waals surface area contributed by atoms with E-state index in [1.807, 2.05) is 0 Å². The molecule has 0 saturated heterocycles. The first kappa shape index (κ1) is 11.2. The summed E-state index contributed by atoms with van der Waals surface area (Å²) in [7, 11) is 0. The van der Waals surface area contributed by atoms with Gasteiger partial charge in [-0.15, -0.1) is 0 Å². The van der Waals surface area contributed by atoms with Gasteiger partial charge in [0.15, 0.2) is 0 Å². The standard InChI is InChI=1S/C7H16N3O2/c1-2-4-11-6-7-12-5-3-9-10-8/h8H,2-7H2,1H3/q+1. The third-order valence-corrected chi connectivity index (χ3v) is 1.13. The highest BCUT2D eigenvalue weighted by Crippen LogP contribution is 1.81. The summed E-state index contributed by atoms with van der Waals surface area (Å²) in [4.78, 5) is 2.85. The molecule has 0 unspecified atom stereocenters. The van der Waals surface area contributed by atoms with E-state index in [1.54, 1.807) is 0 Å². The van der Waals surface area contributed by atoms with Crippen molar-refractivity contribution in [2.75, 3.05) is 33.0 Å². The van der Waals surface area contributed by atoms with Crippen LogP contribution in [0.3, 0.4) is 0 Å². The molecule has 0 aromatic carbocycles. The smallest absolute Gasteiger partial charge is 0.214 e. The minimum absolute atomic E-state index is 0.456. The second kappa shape index (κ2) is 10.2. The molecule has 1 N–H and O–H groups in total. The Hall–Kier alpha value is -0.770. The molecule has 0 aliphatic carbocycles. The Balaban J connectivity index is 2.86. The van der Waals surface area contributed by atoms with E-state index in [1.165, 1.54) is 0 Å². The van der Waals surface area contributed by atoms with Crippen molar-refractivity contribution in [3.8, 4) is 0 Å². The Morgan fingerprint density at radius 1 is 1.17 bits per heavy atom. The number of nitrogens with one attached hydrogen (secondary N) is 1. The van der Waals surface area contributed by atoms with E-state index in [0.717, 1.165) is 13.0 Å². The fourth-order valence-corrected chi connectivity index (χ4v) is 0.622. The average molecular weight is 174 g/mol. The Labute approximate surface area is 72.3 Å². The lowest BCUT2D eigenvalue weighted by molar-refractivity contribution is 0.0507. The molecule has 0 atom stereocenters. The third-order valence-electron chi connectivity index (χ3n) is 1.13. The van der Waals surface area contributed by atoms with Crippen LogP contribution in [0.2, 0.25) is 0 Å². The van der Waals surface area contributed by atoms with Gasteiger partial charge in [0.2, 0.25) is 4.91 Å². The summed E-state index contributed by atoms with van der Waals surface area (Å²) in [6.45, 7) is 5.04. The van der Waals surface area contributed by atoms with Gasteiger partial charge in [-0.25, -0.2) is 0 Å². The van der Waals surface area contributed by atoms with Gasteiger partial charge in [0.1, 0.15) is 17.2 Å². The molecule has 0 radical (unpaired) electrons. The highest BCUT2D eigenvalue weighted by Gasteiger charge is 1.90. The lowest BCUT2D eigenvalue weighted by atomic mass is 10.5. The molecule has 0 rings (SSSR count). The topological polar surface area (TPSA) is 68.8 Å². The molecule has 0 aromatic heterocycles. The number of hydrogen-bond donors (Lipinski definition) is 1. The maximum absolute atomic E-state index is 6.35. The van der Waals surface area contributed by atoms with Gasteiger partial charge in [0.05, 0.1) is 19.8 Å². The van der Waals surface area contributed by atoms with Crippen molar-refractivity contribution in [2.45, 2.75) is 13.3 Å². The van der Waals surface area contributed by atoms with Crippen LogP contribution in [0.25, 0.3) is 0 Å². The van der Waals surface area contributed by atoms with Gasteiger partial charge < -0.3 is 9.47 Å². The number of ether oxygens (including phenoxy) is 2. The Bertz CT molecular complexity index is 135. The summed E-state index contributed by atoms with van der Waals surface area (Å²) in [5.74, 6) is 0. The third kappa shape index (κ3) is 9.23. The fourth-order valence-electron chi connectivity index (χ4n) is 0.622. The summed E-state index contributed by atoms with van der Waals surface area (Å²) in [6.07, 6.45) is 1.03. The molecule has 5 heteroatoms. The van der Waals surface area contributed by atoms with E-state index in [-0.39, 0.29) is 0 Å². The van der Waals surface area contributed by atoms with Crippen LogP contribution < -0.4 is 4.91 Å². The lowest BCUT2D eigenvalue weighted by Gasteiger charge is -2.01. The predicted molar refractivity (Wildman–Crippen MR) is 44.1 cm³/mol. The molecular weight excluding hydrogens is 158 g/mol. The zero-order chi connectivity index (χ0) is 9.07. The Morgan fingerprint density at radius 3 is 2.42 bits per heavy atom. The highest BCUT2D eigenvalue weighted by atomic mass is 16.5. The normalized spacial score (nSPS) is 9.42. The zero-order valence-electron chi connectivity index (χ0n) is 7.45. The predicted octanol–water partition coefficient (Wildman–Crippen LogP) is 0.980. The average Bonchev–Trinajstić information content (AvgIpc) is 2.10. The first-order valence-corrected chi connectivity index (χ1v) is 4.10. The summed E-state index contributed by atoms with van der Waals surface area (Å²) in [6, 6.07) is 0. The van der Waals surface area contributed by atoms with Crippen LogP contribution in [0.15, 0.2) is 5.11 Å². The summed E-state index contributed by atoms with van der Waals surface area (Å²) >= 11 is 0. The first-order valence-electron chi connectivity index (χ1n) is 4.10. The van der Waals surface area contributed by atoms with Gasteiger partial charge in [0, 0.05) is 6.61 Å². The molecule has 0 heterocycles. The zero-order valence-corrected chi connectivity index (χ0v) is 7.45. The van der Waals surface area contributed by atoms with Gasteiger partial charge in [-0.1, -0.05) is 6.92 Å². The van der Waals surface area contributed by atoms with E-state index in [4.69, 9.17) is 15.0 Å². The van der Waals surface area contributed by atoms with Gasteiger partial charge in [0.25, 0.3) is 0 Å². The molecule has 0 spiro atoms. The molecule has 0 aliphatic heterocycles. The van der Waals surface area contributed by atoms with Gasteiger partial charge in [-0.3, -0.25) is 0 Å². The van der Waals surface area contributed by atoms with Gasteiger partial charge in [-0.2, -0.15) is 0 Å². The van der Waals surface area contributed by atoms with Crippen molar-refractivity contribution in [2.24, 2.45) is 5.11 Å². The Morgan fingerprint density at radius 2 is 1.83 bits per heavy atom. The van der Waals surface area contributed by atoms with E-state index in [0.29, 0.717) is 26.4 Å². The molecule has 12 heavy (non-hydrogen) atoms. The lowest BCUT2D eigenvalue weighted by Crippen LogP contribution is -2.07. The van der Waals surface area contributed by atoms with Gasteiger partial charge in [-0.05, 0) is 6.42 Å². The van der Waals surface area contributed by atoms with Crippen LogP contribution in [0, 0.1) is 5.53 Å². The second-order valence-corrected chi connectivity index (χ2v) is 2.19. The van der Waals surface area contributed by atoms with E-state index in [2.05, 4.69) is 16.9 Å². The Kier molecular flexibility index (Phi) is 9.57. The monoisotopic (exact) mass is 174 g/mol. The molecule has 0 fully saturated rings. The maximum Gasteiger partial charge on any atom is 0.214 e. The first-order chi connectivity index (χ1) is 5.91. The molecule has 70 valence electrons. The van der Waals surface area contributed by atoms with E-state index in [9.17, 15) is 0 Å². The SMILES string of the molecule is CCCOCCOCCN=[N+]=N. The molecular formula is C7H16N3O2+. The van der Waals surface area contributed by atoms with Crippen molar-refractivity contribution < 1.29 is 9.47 Å². The quantitative estimate of drug-likeness (QED) is 0.338. The summed E-state index contributed by atoms with van der Waals surface area (Å²) in [5.41, 5.74) is 6.35. The maximum atomic E-state index is 6.35. The van der Waals surface area contributed by atoms with Crippen molar-refractivity contribution in [1.29, 1.82) is 5.53 Å². The van der Waals surface area contributed by atoms with Crippen molar-refractivity contribution in [3.63, 3.8) is 0 Å². The second-order valence-electron chi connectivity index (χ2n) is 2.19. The van der Waals surface area contributed by atoms with Crippen LogP contribution in [0.1, 0.15) is 13.3 Å². The van der Waals surface area contributed by atoms with E-state index >= 15 is 0 Å². The van der Waals surface area contributed by atoms with Gasteiger partial charge >= 0.3 is 0 Å².